The summed E-state index contributed by atoms with van der Waals surface area (Å²) in [6.07, 6.45) is 5.47. The molecular weight excluding hydrogens is 364 g/mol. The molecule has 142 valence electrons. The second-order valence-electron chi connectivity index (χ2n) is 7.97. The maximum atomic E-state index is 7.61. The third-order valence-corrected chi connectivity index (χ3v) is 6.30. The van der Waals surface area contributed by atoms with E-state index in [9.17, 15) is 0 Å². The lowest BCUT2D eigenvalue weighted by Gasteiger charge is -2.20. The van der Waals surface area contributed by atoms with Crippen molar-refractivity contribution in [2.45, 2.75) is 12.8 Å². The minimum atomic E-state index is 0.917. The molecule has 1 aromatic heterocycles. The van der Waals surface area contributed by atoms with E-state index in [1.165, 1.54) is 50.2 Å². The van der Waals surface area contributed by atoms with Crippen LogP contribution in [0.5, 0.6) is 0 Å². The first kappa shape index (κ1) is 17.1. The molecule has 1 aliphatic carbocycles. The first-order valence-electron chi connectivity index (χ1n) is 10.4. The number of aryl methyl sites for hydroxylation is 2. The Labute approximate surface area is 175 Å². The molecule has 0 bridgehead atoms. The van der Waals surface area contributed by atoms with Crippen LogP contribution in [-0.2, 0) is 12.8 Å². The summed E-state index contributed by atoms with van der Waals surface area (Å²) in [4.78, 5) is 4.77. The summed E-state index contributed by atoms with van der Waals surface area (Å²) >= 11 is 0. The summed E-state index contributed by atoms with van der Waals surface area (Å²) in [5, 5.41) is 12.3. The third kappa shape index (κ3) is 2.57. The molecule has 0 fully saturated rings. The normalized spacial score (nSPS) is 12.5. The van der Waals surface area contributed by atoms with Gasteiger partial charge < -0.3 is 5.41 Å². The van der Waals surface area contributed by atoms with Crippen LogP contribution in [-0.4, -0.2) is 11.2 Å². The average molecular weight is 384 g/mol. The average Bonchev–Trinajstić information content (AvgIpc) is 2.82. The van der Waals surface area contributed by atoms with Gasteiger partial charge in [0.15, 0.2) is 0 Å². The molecule has 30 heavy (non-hydrogen) atoms. The minimum Gasteiger partial charge on any atom is -0.308 e. The highest BCUT2D eigenvalue weighted by Gasteiger charge is 2.17. The Morgan fingerprint density at radius 1 is 0.700 bits per heavy atom. The van der Waals surface area contributed by atoms with E-state index in [0.29, 0.717) is 0 Å². The molecule has 5 aromatic rings. The molecule has 1 aliphatic rings. The van der Waals surface area contributed by atoms with Crippen LogP contribution in [0.3, 0.4) is 0 Å². The lowest BCUT2D eigenvalue weighted by molar-refractivity contribution is 0.942. The molecule has 0 spiro atoms. The summed E-state index contributed by atoms with van der Waals surface area (Å²) in [5.41, 5.74) is 8.66. The SMILES string of the molecule is N=Cc1ccc2ccc3c(-c4ccc5c(c4)CCc4ccccc4-5)nccc3c2c1. The number of rotatable bonds is 2. The smallest absolute Gasteiger partial charge is 0.0780 e. The Hall–Kier alpha value is -3.78. The van der Waals surface area contributed by atoms with Gasteiger partial charge in [-0.05, 0) is 75.0 Å². The fourth-order valence-corrected chi connectivity index (χ4v) is 4.80. The van der Waals surface area contributed by atoms with Crippen molar-refractivity contribution in [1.29, 1.82) is 5.41 Å². The van der Waals surface area contributed by atoms with Gasteiger partial charge in [0.25, 0.3) is 0 Å². The van der Waals surface area contributed by atoms with Crippen molar-refractivity contribution in [3.8, 4) is 22.4 Å². The molecule has 6 rings (SSSR count). The second kappa shape index (κ2) is 6.64. The number of fused-ring (bicyclic) bond motifs is 6. The summed E-state index contributed by atoms with van der Waals surface area (Å²) in [6.45, 7) is 0. The van der Waals surface area contributed by atoms with Gasteiger partial charge >= 0.3 is 0 Å². The first-order valence-corrected chi connectivity index (χ1v) is 10.4. The predicted molar refractivity (Wildman–Crippen MR) is 125 cm³/mol. The van der Waals surface area contributed by atoms with Crippen LogP contribution in [0, 0.1) is 5.41 Å². The number of nitrogens with one attached hydrogen (secondary N) is 1. The van der Waals surface area contributed by atoms with Gasteiger partial charge in [-0.3, -0.25) is 4.98 Å². The van der Waals surface area contributed by atoms with Crippen molar-refractivity contribution >= 4 is 27.8 Å². The molecule has 0 unspecified atom stereocenters. The maximum Gasteiger partial charge on any atom is 0.0780 e. The topological polar surface area (TPSA) is 36.7 Å². The number of benzene rings is 4. The van der Waals surface area contributed by atoms with E-state index in [-0.39, 0.29) is 0 Å². The van der Waals surface area contributed by atoms with E-state index >= 15 is 0 Å². The molecule has 2 heteroatoms. The Morgan fingerprint density at radius 3 is 2.47 bits per heavy atom. The van der Waals surface area contributed by atoms with Crippen molar-refractivity contribution in [3.05, 3.63) is 102 Å². The van der Waals surface area contributed by atoms with Crippen molar-refractivity contribution in [2.75, 3.05) is 0 Å². The molecule has 4 aromatic carbocycles. The summed E-state index contributed by atoms with van der Waals surface area (Å²) in [7, 11) is 0. The van der Waals surface area contributed by atoms with Crippen molar-refractivity contribution in [1.82, 2.24) is 4.98 Å². The lowest BCUT2D eigenvalue weighted by Crippen LogP contribution is -2.04. The predicted octanol–water partition coefficient (Wildman–Crippen LogP) is 6.82. The van der Waals surface area contributed by atoms with Crippen LogP contribution in [0.4, 0.5) is 0 Å². The number of hydrogen-bond donors (Lipinski definition) is 1. The Bertz CT molecular complexity index is 1460. The van der Waals surface area contributed by atoms with E-state index < -0.39 is 0 Å². The van der Waals surface area contributed by atoms with Crippen molar-refractivity contribution < 1.29 is 0 Å². The van der Waals surface area contributed by atoms with Gasteiger partial charge in [-0.2, -0.15) is 0 Å². The highest BCUT2D eigenvalue weighted by atomic mass is 14.7. The standard InChI is InChI=1S/C28H20N2/c29-17-18-5-6-20-9-12-26-25(27(20)15-18)13-14-30-28(26)22-10-11-24-21(16-22)8-7-19-3-1-2-4-23(19)24/h1-6,9-17,29H,7-8H2. The van der Waals surface area contributed by atoms with Crippen LogP contribution < -0.4 is 0 Å². The third-order valence-electron chi connectivity index (χ3n) is 6.30. The minimum absolute atomic E-state index is 0.917. The highest BCUT2D eigenvalue weighted by molar-refractivity contribution is 6.12. The summed E-state index contributed by atoms with van der Waals surface area (Å²) < 4.78 is 0. The molecule has 0 radical (unpaired) electrons. The van der Waals surface area contributed by atoms with E-state index in [1.807, 2.05) is 12.3 Å². The fourth-order valence-electron chi connectivity index (χ4n) is 4.80. The van der Waals surface area contributed by atoms with Crippen LogP contribution in [0.1, 0.15) is 16.7 Å². The molecule has 2 nitrogen and oxygen atoms in total. The Balaban J connectivity index is 1.56. The van der Waals surface area contributed by atoms with Gasteiger partial charge in [-0.25, -0.2) is 0 Å². The van der Waals surface area contributed by atoms with Crippen LogP contribution >= 0.6 is 0 Å². The van der Waals surface area contributed by atoms with Gasteiger partial charge in [0.1, 0.15) is 0 Å². The van der Waals surface area contributed by atoms with Gasteiger partial charge in [-0.15, -0.1) is 0 Å². The molecule has 0 aliphatic heterocycles. The highest BCUT2D eigenvalue weighted by Crippen LogP contribution is 2.37. The number of pyridine rings is 1. The quantitative estimate of drug-likeness (QED) is 0.263. The Kier molecular flexibility index (Phi) is 3.78. The molecule has 1 N–H and O–H groups in total. The van der Waals surface area contributed by atoms with Gasteiger partial charge in [0.2, 0.25) is 0 Å². The van der Waals surface area contributed by atoms with E-state index in [2.05, 4.69) is 72.8 Å². The van der Waals surface area contributed by atoms with E-state index in [4.69, 9.17) is 10.4 Å². The van der Waals surface area contributed by atoms with Gasteiger partial charge in [0.05, 0.1) is 5.69 Å². The maximum absolute atomic E-state index is 7.61. The monoisotopic (exact) mass is 384 g/mol. The zero-order chi connectivity index (χ0) is 20.1. The second-order valence-corrected chi connectivity index (χ2v) is 7.97. The number of nitrogens with zero attached hydrogens (tertiary/aromatic N) is 1. The first-order chi connectivity index (χ1) is 14.8. The lowest BCUT2D eigenvalue weighted by atomic mass is 9.84. The molecule has 0 atom stereocenters. The van der Waals surface area contributed by atoms with E-state index in [1.54, 1.807) is 0 Å². The largest absolute Gasteiger partial charge is 0.308 e. The molecule has 0 saturated heterocycles. The van der Waals surface area contributed by atoms with E-state index in [0.717, 1.165) is 29.5 Å². The summed E-state index contributed by atoms with van der Waals surface area (Å²) in [5.74, 6) is 0. The fraction of sp³-hybridized carbons (Fsp3) is 0.0714. The molecule has 1 heterocycles. The molecule has 0 saturated carbocycles. The van der Waals surface area contributed by atoms with Crippen LogP contribution in [0.25, 0.3) is 43.9 Å². The number of aromatic nitrogens is 1. The zero-order valence-corrected chi connectivity index (χ0v) is 16.5. The molecule has 0 amide bonds. The van der Waals surface area contributed by atoms with Crippen LogP contribution in [0.2, 0.25) is 0 Å². The van der Waals surface area contributed by atoms with Crippen LogP contribution in [0.15, 0.2) is 85.1 Å². The van der Waals surface area contributed by atoms with Crippen molar-refractivity contribution in [3.63, 3.8) is 0 Å². The van der Waals surface area contributed by atoms with Gasteiger partial charge in [-0.1, -0.05) is 60.7 Å². The van der Waals surface area contributed by atoms with Crippen molar-refractivity contribution in [2.24, 2.45) is 0 Å². The number of hydrogen-bond acceptors (Lipinski definition) is 2. The molecular formula is C28H20N2. The summed E-state index contributed by atoms with van der Waals surface area (Å²) in [6, 6.07) is 28.1. The zero-order valence-electron chi connectivity index (χ0n) is 16.5. The Morgan fingerprint density at radius 2 is 1.53 bits per heavy atom. The van der Waals surface area contributed by atoms with Gasteiger partial charge in [0, 0.05) is 23.4 Å².